The van der Waals surface area contributed by atoms with Crippen LogP contribution in [0, 0.1) is 0 Å². The van der Waals surface area contributed by atoms with Gasteiger partial charge in [0.05, 0.1) is 6.04 Å². The maximum absolute atomic E-state index is 13.2. The van der Waals surface area contributed by atoms with Crippen molar-refractivity contribution in [2.75, 3.05) is 13.1 Å². The number of amides is 2. The molecule has 1 aliphatic carbocycles. The average Bonchev–Trinajstić information content (AvgIpc) is 3.41. The van der Waals surface area contributed by atoms with Gasteiger partial charge in [-0.15, -0.1) is 11.3 Å². The lowest BCUT2D eigenvalue weighted by molar-refractivity contribution is -0.142. The Morgan fingerprint density at radius 2 is 1.96 bits per heavy atom. The van der Waals surface area contributed by atoms with E-state index in [4.69, 9.17) is 0 Å². The number of hydrogen-bond acceptors (Lipinski definition) is 3. The van der Waals surface area contributed by atoms with Gasteiger partial charge in [-0.1, -0.05) is 37.3 Å². The predicted octanol–water partition coefficient (Wildman–Crippen LogP) is 3.62. The fourth-order valence-electron chi connectivity index (χ4n) is 3.83. The molecule has 2 heterocycles. The minimum absolute atomic E-state index is 0.0449. The van der Waals surface area contributed by atoms with Crippen LogP contribution in [-0.4, -0.2) is 40.7 Å². The number of hydrogen-bond donors (Lipinski definition) is 0. The van der Waals surface area contributed by atoms with Gasteiger partial charge in [0, 0.05) is 23.9 Å². The summed E-state index contributed by atoms with van der Waals surface area (Å²) in [6.07, 6.45) is 3.40. The van der Waals surface area contributed by atoms with E-state index >= 15 is 0 Å². The molecular weight excluding hydrogens is 344 g/mol. The van der Waals surface area contributed by atoms with Crippen molar-refractivity contribution in [3.63, 3.8) is 0 Å². The first-order valence-electron chi connectivity index (χ1n) is 9.39. The van der Waals surface area contributed by atoms with Gasteiger partial charge in [0.2, 0.25) is 11.8 Å². The van der Waals surface area contributed by atoms with Crippen LogP contribution in [0.5, 0.6) is 0 Å². The maximum Gasteiger partial charge on any atom is 0.243 e. The molecule has 1 fully saturated rings. The van der Waals surface area contributed by atoms with Crippen LogP contribution in [0.25, 0.3) is 0 Å². The molecule has 1 unspecified atom stereocenters. The van der Waals surface area contributed by atoms with Crippen LogP contribution in [0.3, 0.4) is 0 Å². The molecule has 4 rings (SSSR count). The van der Waals surface area contributed by atoms with Gasteiger partial charge in [0.1, 0.15) is 6.54 Å². The molecule has 4 nitrogen and oxygen atoms in total. The molecule has 0 spiro atoms. The van der Waals surface area contributed by atoms with Gasteiger partial charge in [-0.05, 0) is 41.8 Å². The van der Waals surface area contributed by atoms with E-state index in [1.165, 1.54) is 10.4 Å². The smallest absolute Gasteiger partial charge is 0.243 e. The second-order valence-electron chi connectivity index (χ2n) is 7.06. The van der Waals surface area contributed by atoms with Gasteiger partial charge in [-0.2, -0.15) is 0 Å². The molecule has 0 bridgehead atoms. The Hall–Kier alpha value is -2.14. The van der Waals surface area contributed by atoms with Crippen LogP contribution >= 0.6 is 11.3 Å². The first-order chi connectivity index (χ1) is 12.7. The van der Waals surface area contributed by atoms with E-state index in [2.05, 4.69) is 23.6 Å². The fourth-order valence-corrected chi connectivity index (χ4v) is 4.73. The van der Waals surface area contributed by atoms with E-state index < -0.39 is 0 Å². The molecule has 1 aliphatic heterocycles. The van der Waals surface area contributed by atoms with Crippen molar-refractivity contribution in [3.8, 4) is 0 Å². The van der Waals surface area contributed by atoms with Crippen molar-refractivity contribution in [1.82, 2.24) is 9.80 Å². The molecule has 5 heteroatoms. The highest BCUT2D eigenvalue weighted by Crippen LogP contribution is 2.38. The Labute approximate surface area is 158 Å². The molecule has 1 aromatic carbocycles. The molecule has 26 heavy (non-hydrogen) atoms. The van der Waals surface area contributed by atoms with Crippen LogP contribution in [0.2, 0.25) is 0 Å². The van der Waals surface area contributed by atoms with Crippen molar-refractivity contribution < 1.29 is 9.59 Å². The molecule has 1 atom stereocenters. The number of carbonyl (C=O) groups excluding carboxylic acids is 2. The fraction of sp³-hybridized carbons (Fsp3) is 0.429. The third kappa shape index (κ3) is 3.28. The number of fused-ring (bicyclic) bond motifs is 1. The molecule has 136 valence electrons. The Kier molecular flexibility index (Phi) is 4.81. The van der Waals surface area contributed by atoms with E-state index in [0.717, 1.165) is 24.8 Å². The van der Waals surface area contributed by atoms with E-state index in [1.54, 1.807) is 16.2 Å². The van der Waals surface area contributed by atoms with Crippen molar-refractivity contribution >= 4 is 23.2 Å². The third-order valence-corrected chi connectivity index (χ3v) is 6.31. The summed E-state index contributed by atoms with van der Waals surface area (Å²) in [7, 11) is 0. The second kappa shape index (κ2) is 7.23. The van der Waals surface area contributed by atoms with Crippen LogP contribution in [0.4, 0.5) is 0 Å². The third-order valence-electron chi connectivity index (χ3n) is 5.32. The van der Waals surface area contributed by atoms with Crippen LogP contribution < -0.4 is 0 Å². The molecule has 2 amide bonds. The number of carbonyl (C=O) groups is 2. The second-order valence-corrected chi connectivity index (χ2v) is 8.06. The summed E-state index contributed by atoms with van der Waals surface area (Å²) >= 11 is 1.77. The lowest BCUT2D eigenvalue weighted by Gasteiger charge is -2.37. The molecule has 0 N–H and O–H groups in total. The van der Waals surface area contributed by atoms with Crippen molar-refractivity contribution in [2.24, 2.45) is 0 Å². The number of nitrogens with zero attached hydrogens (tertiary/aromatic N) is 2. The van der Waals surface area contributed by atoms with Crippen molar-refractivity contribution in [3.05, 3.63) is 57.8 Å². The molecule has 0 saturated heterocycles. The standard InChI is InChI=1S/C21H24N2O2S/c1-2-19(24)23(16-8-9-16)14-20(25)22-12-10-18-17(11-13-26-18)21(22)15-6-4-3-5-7-15/h3-7,11,13,16,21H,2,8-10,12,14H2,1H3. The Bertz CT molecular complexity index is 797. The predicted molar refractivity (Wildman–Crippen MR) is 103 cm³/mol. The van der Waals surface area contributed by atoms with E-state index in [9.17, 15) is 9.59 Å². The van der Waals surface area contributed by atoms with Crippen LogP contribution in [0.1, 0.15) is 48.2 Å². The highest BCUT2D eigenvalue weighted by molar-refractivity contribution is 7.10. The highest BCUT2D eigenvalue weighted by Gasteiger charge is 2.37. The van der Waals surface area contributed by atoms with Gasteiger partial charge in [0.15, 0.2) is 0 Å². The average molecular weight is 369 g/mol. The topological polar surface area (TPSA) is 40.6 Å². The molecule has 2 aliphatic rings. The summed E-state index contributed by atoms with van der Waals surface area (Å²) in [5.41, 5.74) is 2.38. The normalized spacial score (nSPS) is 19.1. The zero-order chi connectivity index (χ0) is 18.1. The first-order valence-corrected chi connectivity index (χ1v) is 10.3. The first kappa shape index (κ1) is 17.3. The maximum atomic E-state index is 13.2. The van der Waals surface area contributed by atoms with Gasteiger partial charge in [0.25, 0.3) is 0 Å². The monoisotopic (exact) mass is 368 g/mol. The zero-order valence-electron chi connectivity index (χ0n) is 15.1. The van der Waals surface area contributed by atoms with Crippen LogP contribution in [0.15, 0.2) is 41.8 Å². The summed E-state index contributed by atoms with van der Waals surface area (Å²) in [6, 6.07) is 12.6. The molecule has 1 aromatic heterocycles. The van der Waals surface area contributed by atoms with Gasteiger partial charge < -0.3 is 9.80 Å². The minimum atomic E-state index is -0.0449. The summed E-state index contributed by atoms with van der Waals surface area (Å²) in [5, 5.41) is 2.12. The van der Waals surface area contributed by atoms with Crippen LogP contribution in [-0.2, 0) is 16.0 Å². The highest BCUT2D eigenvalue weighted by atomic mass is 32.1. The SMILES string of the molecule is CCC(=O)N(CC(=O)N1CCc2sccc2C1c1ccccc1)C1CC1. The molecular formula is C21H24N2O2S. The number of benzene rings is 1. The quantitative estimate of drug-likeness (QED) is 0.809. The van der Waals surface area contributed by atoms with Crippen molar-refractivity contribution in [1.29, 1.82) is 0 Å². The summed E-state index contributed by atoms with van der Waals surface area (Å²) < 4.78 is 0. The molecule has 2 aromatic rings. The lowest BCUT2D eigenvalue weighted by atomic mass is 9.93. The van der Waals surface area contributed by atoms with E-state index in [1.807, 2.05) is 30.0 Å². The van der Waals surface area contributed by atoms with Gasteiger partial charge in [-0.25, -0.2) is 0 Å². The van der Waals surface area contributed by atoms with Gasteiger partial charge in [-0.3, -0.25) is 9.59 Å². The Morgan fingerprint density at radius 3 is 2.65 bits per heavy atom. The zero-order valence-corrected chi connectivity index (χ0v) is 15.9. The summed E-state index contributed by atoms with van der Waals surface area (Å²) in [5.74, 6) is 0.148. The molecule has 1 saturated carbocycles. The summed E-state index contributed by atoms with van der Waals surface area (Å²) in [6.45, 7) is 2.79. The largest absolute Gasteiger partial charge is 0.330 e. The van der Waals surface area contributed by atoms with Crippen molar-refractivity contribution in [2.45, 2.75) is 44.7 Å². The Balaban J connectivity index is 1.61. The lowest BCUT2D eigenvalue weighted by Crippen LogP contribution is -2.47. The minimum Gasteiger partial charge on any atom is -0.330 e. The van der Waals surface area contributed by atoms with Gasteiger partial charge >= 0.3 is 0 Å². The van der Waals surface area contributed by atoms with E-state index in [0.29, 0.717) is 13.0 Å². The Morgan fingerprint density at radius 1 is 1.19 bits per heavy atom. The van der Waals surface area contributed by atoms with E-state index in [-0.39, 0.29) is 30.4 Å². The number of rotatable bonds is 5. The number of thiophene rings is 1. The summed E-state index contributed by atoms with van der Waals surface area (Å²) in [4.78, 5) is 30.6. The molecule has 0 radical (unpaired) electrons.